The minimum Gasteiger partial charge on any atom is -0.294 e. The summed E-state index contributed by atoms with van der Waals surface area (Å²) < 4.78 is 0. The van der Waals surface area contributed by atoms with E-state index in [-0.39, 0.29) is 0 Å². The highest BCUT2D eigenvalue weighted by Crippen LogP contribution is 1.53. The molecule has 0 spiro atoms. The molecule has 0 heterocycles. The van der Waals surface area contributed by atoms with Gasteiger partial charge in [-0.05, 0) is 6.92 Å². The lowest BCUT2D eigenvalue weighted by Crippen LogP contribution is -2.13. The lowest BCUT2D eigenvalue weighted by Gasteiger charge is -1.85. The molecule has 0 aliphatic rings. The van der Waals surface area contributed by atoms with Gasteiger partial charge in [0, 0.05) is 0 Å². The van der Waals surface area contributed by atoms with E-state index in [4.69, 9.17) is 5.26 Å². The highest BCUT2D eigenvalue weighted by Gasteiger charge is 1.73. The van der Waals surface area contributed by atoms with Crippen LogP contribution in [0.2, 0.25) is 0 Å². The van der Waals surface area contributed by atoms with Gasteiger partial charge in [-0.2, -0.15) is 5.26 Å². The molecular weight excluding hydrogens is 100 g/mol. The summed E-state index contributed by atoms with van der Waals surface area (Å²) in [5, 5.41) is 10.8. The minimum absolute atomic E-state index is 0.384. The molecule has 0 aromatic carbocycles. The molecule has 0 aliphatic carbocycles. The predicted molar refractivity (Wildman–Crippen MR) is 31.9 cm³/mol. The molecule has 0 amide bonds. The largest absolute Gasteiger partial charge is 0.294 e. The lowest BCUT2D eigenvalue weighted by molar-refractivity contribution is 0.864. The summed E-state index contributed by atoms with van der Waals surface area (Å²) in [6, 6.07) is 1.95. The number of nitrogens with one attached hydrogen (secondary N) is 1. The van der Waals surface area contributed by atoms with Crippen LogP contribution in [0, 0.1) is 23.2 Å². The van der Waals surface area contributed by atoms with Crippen molar-refractivity contribution in [1.29, 1.82) is 5.26 Å². The summed E-state index contributed by atoms with van der Waals surface area (Å²) in [5.41, 5.74) is 0. The van der Waals surface area contributed by atoms with E-state index in [1.54, 1.807) is 6.92 Å². The summed E-state index contributed by atoms with van der Waals surface area (Å²) in [6.45, 7) is 2.77. The Hall–Kier alpha value is -0.990. The molecule has 0 aromatic heterocycles. The van der Waals surface area contributed by atoms with Crippen LogP contribution < -0.4 is 5.32 Å². The van der Waals surface area contributed by atoms with Crippen LogP contribution in [0.15, 0.2) is 0 Å². The van der Waals surface area contributed by atoms with E-state index in [0.717, 1.165) is 0 Å². The Morgan fingerprint density at radius 1 is 1.50 bits per heavy atom. The molecule has 0 atom stereocenters. The molecule has 0 bridgehead atoms. The lowest BCUT2D eigenvalue weighted by atomic mass is 10.6. The van der Waals surface area contributed by atoms with E-state index in [2.05, 4.69) is 17.2 Å². The van der Waals surface area contributed by atoms with Crippen LogP contribution >= 0.6 is 0 Å². The SMILES string of the molecule is CC#CCNCC#N. The van der Waals surface area contributed by atoms with Crippen LogP contribution in [-0.4, -0.2) is 13.1 Å². The van der Waals surface area contributed by atoms with Gasteiger partial charge in [-0.3, -0.25) is 5.32 Å². The Bertz CT molecular complexity index is 133. The molecule has 0 fully saturated rings. The van der Waals surface area contributed by atoms with Gasteiger partial charge in [0.1, 0.15) is 0 Å². The fourth-order valence-electron chi connectivity index (χ4n) is 0.269. The Kier molecular flexibility index (Phi) is 5.27. The van der Waals surface area contributed by atoms with Gasteiger partial charge in [0.15, 0.2) is 0 Å². The van der Waals surface area contributed by atoms with Crippen molar-refractivity contribution < 1.29 is 0 Å². The zero-order chi connectivity index (χ0) is 6.24. The first-order chi connectivity index (χ1) is 3.91. The molecule has 2 nitrogen and oxygen atoms in total. The van der Waals surface area contributed by atoms with E-state index in [1.807, 2.05) is 6.07 Å². The van der Waals surface area contributed by atoms with E-state index in [1.165, 1.54) is 0 Å². The maximum Gasteiger partial charge on any atom is 0.0848 e. The Morgan fingerprint density at radius 2 is 2.25 bits per heavy atom. The molecule has 0 saturated heterocycles. The monoisotopic (exact) mass is 108 g/mol. The summed E-state index contributed by atoms with van der Waals surface area (Å²) in [6.07, 6.45) is 0. The second-order valence-electron chi connectivity index (χ2n) is 1.19. The minimum atomic E-state index is 0.384. The van der Waals surface area contributed by atoms with Gasteiger partial charge >= 0.3 is 0 Å². The molecule has 0 unspecified atom stereocenters. The molecule has 0 radical (unpaired) electrons. The fourth-order valence-corrected chi connectivity index (χ4v) is 0.269. The first kappa shape index (κ1) is 7.01. The van der Waals surface area contributed by atoms with Crippen LogP contribution in [0.1, 0.15) is 6.92 Å². The van der Waals surface area contributed by atoms with E-state index in [9.17, 15) is 0 Å². The fraction of sp³-hybridized carbons (Fsp3) is 0.500. The quantitative estimate of drug-likeness (QED) is 0.310. The third kappa shape index (κ3) is 5.01. The molecule has 0 saturated carbocycles. The number of nitriles is 1. The molecule has 42 valence electrons. The van der Waals surface area contributed by atoms with Crippen molar-refractivity contribution in [2.24, 2.45) is 0 Å². The zero-order valence-electron chi connectivity index (χ0n) is 4.86. The summed E-state index contributed by atoms with van der Waals surface area (Å²) >= 11 is 0. The van der Waals surface area contributed by atoms with E-state index < -0.39 is 0 Å². The normalized spacial score (nSPS) is 6.50. The molecular formula is C6H8N2. The summed E-state index contributed by atoms with van der Waals surface area (Å²) in [4.78, 5) is 0. The van der Waals surface area contributed by atoms with Crippen molar-refractivity contribution in [3.63, 3.8) is 0 Å². The molecule has 1 N–H and O–H groups in total. The Balaban J connectivity index is 2.93. The van der Waals surface area contributed by atoms with E-state index >= 15 is 0 Å². The van der Waals surface area contributed by atoms with Crippen molar-refractivity contribution >= 4 is 0 Å². The molecule has 8 heavy (non-hydrogen) atoms. The summed E-state index contributed by atoms with van der Waals surface area (Å²) in [5.74, 6) is 5.48. The second-order valence-corrected chi connectivity index (χ2v) is 1.19. The van der Waals surface area contributed by atoms with Gasteiger partial charge in [0.2, 0.25) is 0 Å². The predicted octanol–water partition coefficient (Wildman–Crippen LogP) is 0.123. The third-order valence-corrected chi connectivity index (χ3v) is 0.594. The average Bonchev–Trinajstić information content (AvgIpc) is 1.81. The van der Waals surface area contributed by atoms with Gasteiger partial charge in [-0.15, -0.1) is 5.92 Å². The number of nitrogens with zero attached hydrogens (tertiary/aromatic N) is 1. The maximum atomic E-state index is 8.00. The van der Waals surface area contributed by atoms with Gasteiger partial charge in [-0.25, -0.2) is 0 Å². The standard InChI is InChI=1S/C6H8N2/c1-2-3-5-8-6-4-7/h8H,5-6H2,1H3. The molecule has 2 heteroatoms. The smallest absolute Gasteiger partial charge is 0.0848 e. The van der Waals surface area contributed by atoms with Gasteiger partial charge in [0.05, 0.1) is 19.2 Å². The second kappa shape index (κ2) is 6.01. The Labute approximate surface area is 49.5 Å². The molecule has 0 rings (SSSR count). The maximum absolute atomic E-state index is 8.00. The highest BCUT2D eigenvalue weighted by atomic mass is 14.8. The van der Waals surface area contributed by atoms with Crippen molar-refractivity contribution in [2.45, 2.75) is 6.92 Å². The van der Waals surface area contributed by atoms with Crippen molar-refractivity contribution in [1.82, 2.24) is 5.32 Å². The van der Waals surface area contributed by atoms with Crippen molar-refractivity contribution in [3.05, 3.63) is 0 Å². The van der Waals surface area contributed by atoms with Crippen molar-refractivity contribution in [3.8, 4) is 17.9 Å². The van der Waals surface area contributed by atoms with Crippen LogP contribution in [0.25, 0.3) is 0 Å². The molecule has 0 aromatic rings. The van der Waals surface area contributed by atoms with Gasteiger partial charge in [0.25, 0.3) is 0 Å². The van der Waals surface area contributed by atoms with Crippen LogP contribution in [0.3, 0.4) is 0 Å². The zero-order valence-corrected chi connectivity index (χ0v) is 4.86. The van der Waals surface area contributed by atoms with Gasteiger partial charge < -0.3 is 0 Å². The Morgan fingerprint density at radius 3 is 2.75 bits per heavy atom. The number of hydrogen-bond donors (Lipinski definition) is 1. The van der Waals surface area contributed by atoms with Crippen LogP contribution in [-0.2, 0) is 0 Å². The number of rotatable bonds is 2. The van der Waals surface area contributed by atoms with Crippen molar-refractivity contribution in [2.75, 3.05) is 13.1 Å². The first-order valence-corrected chi connectivity index (χ1v) is 2.39. The summed E-state index contributed by atoms with van der Waals surface area (Å²) in [7, 11) is 0. The average molecular weight is 108 g/mol. The van der Waals surface area contributed by atoms with Gasteiger partial charge in [-0.1, -0.05) is 5.92 Å². The van der Waals surface area contributed by atoms with E-state index in [0.29, 0.717) is 13.1 Å². The van der Waals surface area contributed by atoms with Crippen LogP contribution in [0.4, 0.5) is 0 Å². The highest BCUT2D eigenvalue weighted by molar-refractivity contribution is 4.97. The van der Waals surface area contributed by atoms with Crippen LogP contribution in [0.5, 0.6) is 0 Å². The third-order valence-electron chi connectivity index (χ3n) is 0.594. The topological polar surface area (TPSA) is 35.8 Å². The number of hydrogen-bond acceptors (Lipinski definition) is 2. The molecule has 0 aliphatic heterocycles. The first-order valence-electron chi connectivity index (χ1n) is 2.39.